The molecule has 0 spiro atoms. The van der Waals surface area contributed by atoms with E-state index < -0.39 is 0 Å². The van der Waals surface area contributed by atoms with Crippen molar-refractivity contribution < 1.29 is 9.13 Å². The number of hydrogen-bond donors (Lipinski definition) is 1. The van der Waals surface area contributed by atoms with E-state index in [1.54, 1.807) is 18.3 Å². The predicted octanol–water partition coefficient (Wildman–Crippen LogP) is 3.54. The SMILES string of the molecule is CCCNc1ncc(C)c(Oc2cccc(F)c2)n1. The zero-order valence-corrected chi connectivity index (χ0v) is 11.0. The number of aryl methyl sites for hydroxylation is 1. The van der Waals surface area contributed by atoms with Crippen LogP contribution in [0.25, 0.3) is 0 Å². The van der Waals surface area contributed by atoms with E-state index in [-0.39, 0.29) is 5.82 Å². The zero-order chi connectivity index (χ0) is 13.7. The van der Waals surface area contributed by atoms with E-state index in [2.05, 4.69) is 22.2 Å². The van der Waals surface area contributed by atoms with Gasteiger partial charge in [0.05, 0.1) is 0 Å². The third-order valence-corrected chi connectivity index (χ3v) is 2.47. The Morgan fingerprint density at radius 3 is 2.95 bits per heavy atom. The van der Waals surface area contributed by atoms with Crippen LogP contribution in [0.3, 0.4) is 0 Å². The first-order valence-electron chi connectivity index (χ1n) is 6.20. The fourth-order valence-corrected chi connectivity index (χ4v) is 1.49. The molecular weight excluding hydrogens is 245 g/mol. The van der Waals surface area contributed by atoms with Crippen LogP contribution in [-0.4, -0.2) is 16.5 Å². The fourth-order valence-electron chi connectivity index (χ4n) is 1.49. The number of hydrogen-bond acceptors (Lipinski definition) is 4. The van der Waals surface area contributed by atoms with E-state index in [1.807, 2.05) is 6.92 Å². The number of halogens is 1. The second-order valence-electron chi connectivity index (χ2n) is 4.17. The molecule has 5 heteroatoms. The Labute approximate surface area is 111 Å². The standard InChI is InChI=1S/C14H16FN3O/c1-3-7-16-14-17-9-10(2)13(18-14)19-12-6-4-5-11(15)8-12/h4-6,8-9H,3,7H2,1-2H3,(H,16,17,18). The van der Waals surface area contributed by atoms with Crippen molar-refractivity contribution in [3.63, 3.8) is 0 Å². The number of ether oxygens (including phenoxy) is 1. The average molecular weight is 261 g/mol. The Morgan fingerprint density at radius 1 is 1.37 bits per heavy atom. The van der Waals surface area contributed by atoms with Gasteiger partial charge in [0.2, 0.25) is 11.8 Å². The van der Waals surface area contributed by atoms with Crippen molar-refractivity contribution in [2.24, 2.45) is 0 Å². The van der Waals surface area contributed by atoms with Gasteiger partial charge in [-0.2, -0.15) is 4.98 Å². The highest BCUT2D eigenvalue weighted by Gasteiger charge is 2.06. The Bertz CT molecular complexity index is 560. The summed E-state index contributed by atoms with van der Waals surface area (Å²) >= 11 is 0. The lowest BCUT2D eigenvalue weighted by molar-refractivity contribution is 0.453. The van der Waals surface area contributed by atoms with Gasteiger partial charge in [-0.25, -0.2) is 9.37 Å². The molecule has 0 radical (unpaired) electrons. The van der Waals surface area contributed by atoms with Crippen molar-refractivity contribution in [3.8, 4) is 11.6 Å². The molecule has 0 aliphatic heterocycles. The fraction of sp³-hybridized carbons (Fsp3) is 0.286. The molecule has 0 amide bonds. The predicted molar refractivity (Wildman–Crippen MR) is 72.0 cm³/mol. The molecule has 0 bridgehead atoms. The number of nitrogens with zero attached hydrogens (tertiary/aromatic N) is 2. The van der Waals surface area contributed by atoms with Crippen LogP contribution in [0.15, 0.2) is 30.5 Å². The first-order chi connectivity index (χ1) is 9.19. The van der Waals surface area contributed by atoms with Crippen LogP contribution >= 0.6 is 0 Å². The van der Waals surface area contributed by atoms with Crippen molar-refractivity contribution in [2.75, 3.05) is 11.9 Å². The highest BCUT2D eigenvalue weighted by molar-refractivity contribution is 5.36. The van der Waals surface area contributed by atoms with Gasteiger partial charge < -0.3 is 10.1 Å². The summed E-state index contributed by atoms with van der Waals surface area (Å²) in [6.07, 6.45) is 2.66. The second kappa shape index (κ2) is 6.13. The zero-order valence-electron chi connectivity index (χ0n) is 11.0. The van der Waals surface area contributed by atoms with Crippen LogP contribution in [-0.2, 0) is 0 Å². The molecule has 0 fully saturated rings. The Morgan fingerprint density at radius 2 is 2.21 bits per heavy atom. The number of nitrogens with one attached hydrogen (secondary N) is 1. The lowest BCUT2D eigenvalue weighted by Crippen LogP contribution is -2.05. The summed E-state index contributed by atoms with van der Waals surface area (Å²) in [5.74, 6) is 1.02. The average Bonchev–Trinajstić information content (AvgIpc) is 2.40. The van der Waals surface area contributed by atoms with Gasteiger partial charge >= 0.3 is 0 Å². The highest BCUT2D eigenvalue weighted by Crippen LogP contribution is 2.23. The van der Waals surface area contributed by atoms with E-state index in [9.17, 15) is 4.39 Å². The molecule has 1 aromatic heterocycles. The van der Waals surface area contributed by atoms with Gasteiger partial charge in [0.15, 0.2) is 0 Å². The first kappa shape index (κ1) is 13.3. The highest BCUT2D eigenvalue weighted by atomic mass is 19.1. The summed E-state index contributed by atoms with van der Waals surface area (Å²) in [6, 6.07) is 5.97. The Hall–Kier alpha value is -2.17. The van der Waals surface area contributed by atoms with E-state index in [0.717, 1.165) is 18.5 Å². The van der Waals surface area contributed by atoms with E-state index in [1.165, 1.54) is 12.1 Å². The van der Waals surface area contributed by atoms with Crippen molar-refractivity contribution in [1.82, 2.24) is 9.97 Å². The van der Waals surface area contributed by atoms with E-state index in [0.29, 0.717) is 17.6 Å². The van der Waals surface area contributed by atoms with Gasteiger partial charge in [0.1, 0.15) is 11.6 Å². The topological polar surface area (TPSA) is 47.0 Å². The number of rotatable bonds is 5. The third-order valence-electron chi connectivity index (χ3n) is 2.47. The number of benzene rings is 1. The van der Waals surface area contributed by atoms with Crippen molar-refractivity contribution in [3.05, 3.63) is 41.8 Å². The van der Waals surface area contributed by atoms with Gasteiger partial charge in [-0.15, -0.1) is 0 Å². The molecule has 4 nitrogen and oxygen atoms in total. The van der Waals surface area contributed by atoms with E-state index in [4.69, 9.17) is 4.74 Å². The maximum Gasteiger partial charge on any atom is 0.226 e. The van der Waals surface area contributed by atoms with Crippen molar-refractivity contribution in [2.45, 2.75) is 20.3 Å². The summed E-state index contributed by atoms with van der Waals surface area (Å²) in [5, 5.41) is 3.08. The maximum absolute atomic E-state index is 13.1. The first-order valence-corrected chi connectivity index (χ1v) is 6.20. The van der Waals surface area contributed by atoms with Crippen LogP contribution in [0.5, 0.6) is 11.6 Å². The molecule has 0 atom stereocenters. The van der Waals surface area contributed by atoms with Crippen molar-refractivity contribution >= 4 is 5.95 Å². The lowest BCUT2D eigenvalue weighted by Gasteiger charge is -2.09. The quantitative estimate of drug-likeness (QED) is 0.894. The normalized spacial score (nSPS) is 10.3. The lowest BCUT2D eigenvalue weighted by atomic mass is 10.3. The van der Waals surface area contributed by atoms with Gasteiger partial charge in [-0.1, -0.05) is 13.0 Å². The molecule has 0 saturated carbocycles. The molecule has 100 valence electrons. The minimum atomic E-state index is -0.339. The van der Waals surface area contributed by atoms with Gasteiger partial charge in [-0.3, -0.25) is 0 Å². The van der Waals surface area contributed by atoms with Crippen LogP contribution in [0, 0.1) is 12.7 Å². The summed E-state index contributed by atoms with van der Waals surface area (Å²) in [5.41, 5.74) is 0.798. The monoisotopic (exact) mass is 261 g/mol. The maximum atomic E-state index is 13.1. The van der Waals surface area contributed by atoms with Crippen molar-refractivity contribution in [1.29, 1.82) is 0 Å². The molecule has 0 saturated heterocycles. The molecule has 19 heavy (non-hydrogen) atoms. The van der Waals surface area contributed by atoms with Crippen LogP contribution < -0.4 is 10.1 Å². The smallest absolute Gasteiger partial charge is 0.226 e. The molecular formula is C14H16FN3O. The van der Waals surface area contributed by atoms with Crippen LogP contribution in [0.4, 0.5) is 10.3 Å². The minimum absolute atomic E-state index is 0.339. The van der Waals surface area contributed by atoms with Crippen LogP contribution in [0.1, 0.15) is 18.9 Å². The Balaban J connectivity index is 2.19. The van der Waals surface area contributed by atoms with Gasteiger partial charge in [-0.05, 0) is 25.5 Å². The third kappa shape index (κ3) is 3.64. The number of anilines is 1. The molecule has 1 N–H and O–H groups in total. The molecule has 2 rings (SSSR count). The summed E-state index contributed by atoms with van der Waals surface area (Å²) < 4.78 is 18.7. The summed E-state index contributed by atoms with van der Waals surface area (Å²) in [4.78, 5) is 8.43. The second-order valence-corrected chi connectivity index (χ2v) is 4.17. The molecule has 1 heterocycles. The Kier molecular flexibility index (Phi) is 4.28. The van der Waals surface area contributed by atoms with E-state index >= 15 is 0 Å². The van der Waals surface area contributed by atoms with Crippen LogP contribution in [0.2, 0.25) is 0 Å². The van der Waals surface area contributed by atoms with Gasteiger partial charge in [0, 0.05) is 24.4 Å². The number of aromatic nitrogens is 2. The summed E-state index contributed by atoms with van der Waals surface area (Å²) in [7, 11) is 0. The minimum Gasteiger partial charge on any atom is -0.438 e. The molecule has 0 aliphatic rings. The molecule has 2 aromatic rings. The molecule has 0 unspecified atom stereocenters. The van der Waals surface area contributed by atoms with Gasteiger partial charge in [0.25, 0.3) is 0 Å². The summed E-state index contributed by atoms with van der Waals surface area (Å²) in [6.45, 7) is 4.70. The molecule has 1 aromatic carbocycles. The largest absolute Gasteiger partial charge is 0.438 e. The molecule has 0 aliphatic carbocycles.